The molecule has 1 fully saturated rings. The van der Waals surface area contributed by atoms with Crippen LogP contribution in [0.3, 0.4) is 0 Å². The van der Waals surface area contributed by atoms with Gasteiger partial charge in [-0.15, -0.1) is 0 Å². The third kappa shape index (κ3) is 4.10. The molecule has 1 aromatic rings. The first-order valence-electron chi connectivity index (χ1n) is 6.74. The van der Waals surface area contributed by atoms with Crippen molar-refractivity contribution in [2.45, 2.75) is 51.0 Å². The molecule has 1 unspecified atom stereocenters. The van der Waals surface area contributed by atoms with Crippen LogP contribution in [0.5, 0.6) is 0 Å². The first-order chi connectivity index (χ1) is 8.38. The zero-order valence-corrected chi connectivity index (χ0v) is 10.4. The lowest BCUT2D eigenvalue weighted by atomic mass is 9.95. The number of hydrazine groups is 1. The summed E-state index contributed by atoms with van der Waals surface area (Å²) in [6.45, 7) is 0. The molecule has 17 heavy (non-hydrogen) atoms. The number of nitrogens with one attached hydrogen (secondary N) is 1. The Morgan fingerprint density at radius 3 is 2.82 bits per heavy atom. The number of pyridine rings is 1. The van der Waals surface area contributed by atoms with Crippen LogP contribution < -0.4 is 11.3 Å². The number of hydrogen-bond acceptors (Lipinski definition) is 3. The van der Waals surface area contributed by atoms with Crippen molar-refractivity contribution in [2.75, 3.05) is 0 Å². The maximum Gasteiger partial charge on any atom is 0.0404 e. The van der Waals surface area contributed by atoms with Crippen molar-refractivity contribution in [1.29, 1.82) is 0 Å². The maximum absolute atomic E-state index is 5.64. The van der Waals surface area contributed by atoms with E-state index in [1.165, 1.54) is 37.8 Å². The number of rotatable bonds is 6. The van der Waals surface area contributed by atoms with Crippen molar-refractivity contribution in [3.63, 3.8) is 0 Å². The highest BCUT2D eigenvalue weighted by Crippen LogP contribution is 2.29. The van der Waals surface area contributed by atoms with E-state index in [4.69, 9.17) is 5.84 Å². The minimum atomic E-state index is 0.445. The number of nitrogens with zero attached hydrogens (tertiary/aromatic N) is 1. The highest BCUT2D eigenvalue weighted by Gasteiger charge is 2.19. The van der Waals surface area contributed by atoms with Gasteiger partial charge in [-0.1, -0.05) is 31.7 Å². The second kappa shape index (κ2) is 6.72. The van der Waals surface area contributed by atoms with E-state index in [9.17, 15) is 0 Å². The molecule has 0 bridgehead atoms. The molecule has 1 aromatic heterocycles. The van der Waals surface area contributed by atoms with Gasteiger partial charge in [-0.3, -0.25) is 16.3 Å². The average Bonchev–Trinajstić information content (AvgIpc) is 2.88. The standard InChI is InChI=1S/C14H23N3/c15-17-14(11-12-5-1-2-6-12)9-8-13-7-3-4-10-16-13/h3-4,7,10,12,14,17H,1-2,5-6,8-9,11,15H2. The van der Waals surface area contributed by atoms with E-state index >= 15 is 0 Å². The molecule has 1 aliphatic carbocycles. The van der Waals surface area contributed by atoms with Gasteiger partial charge in [0.1, 0.15) is 0 Å². The van der Waals surface area contributed by atoms with Crippen LogP contribution in [0.25, 0.3) is 0 Å². The lowest BCUT2D eigenvalue weighted by Gasteiger charge is -2.19. The molecule has 1 atom stereocenters. The highest BCUT2D eigenvalue weighted by molar-refractivity contribution is 5.03. The van der Waals surface area contributed by atoms with E-state index in [2.05, 4.69) is 16.5 Å². The minimum Gasteiger partial charge on any atom is -0.271 e. The fourth-order valence-electron chi connectivity index (χ4n) is 2.79. The molecule has 0 spiro atoms. The summed E-state index contributed by atoms with van der Waals surface area (Å²) in [5, 5.41) is 0. The third-order valence-electron chi connectivity index (χ3n) is 3.80. The average molecular weight is 233 g/mol. The molecule has 0 saturated heterocycles. The lowest BCUT2D eigenvalue weighted by Crippen LogP contribution is -2.36. The van der Waals surface area contributed by atoms with Crippen molar-refractivity contribution in [3.05, 3.63) is 30.1 Å². The van der Waals surface area contributed by atoms with Crippen molar-refractivity contribution >= 4 is 0 Å². The molecular formula is C14H23N3. The Hall–Kier alpha value is -0.930. The Morgan fingerprint density at radius 2 is 2.18 bits per heavy atom. The van der Waals surface area contributed by atoms with Gasteiger partial charge in [0.25, 0.3) is 0 Å². The number of aryl methyl sites for hydroxylation is 1. The first-order valence-corrected chi connectivity index (χ1v) is 6.74. The van der Waals surface area contributed by atoms with Gasteiger partial charge in [0.05, 0.1) is 0 Å². The maximum atomic E-state index is 5.64. The smallest absolute Gasteiger partial charge is 0.0404 e. The number of nitrogens with two attached hydrogens (primary N) is 1. The van der Waals surface area contributed by atoms with Crippen molar-refractivity contribution < 1.29 is 0 Å². The van der Waals surface area contributed by atoms with Crippen LogP contribution in [0.2, 0.25) is 0 Å². The van der Waals surface area contributed by atoms with Crippen molar-refractivity contribution in [1.82, 2.24) is 10.4 Å². The molecule has 2 rings (SSSR count). The largest absolute Gasteiger partial charge is 0.271 e. The predicted octanol–water partition coefficient (Wildman–Crippen LogP) is 2.43. The van der Waals surface area contributed by atoms with E-state index in [1.807, 2.05) is 18.3 Å². The van der Waals surface area contributed by atoms with E-state index in [0.717, 1.165) is 18.8 Å². The zero-order valence-electron chi connectivity index (χ0n) is 10.4. The van der Waals surface area contributed by atoms with E-state index in [1.54, 1.807) is 0 Å². The fourth-order valence-corrected chi connectivity index (χ4v) is 2.79. The fraction of sp³-hybridized carbons (Fsp3) is 0.643. The van der Waals surface area contributed by atoms with E-state index < -0.39 is 0 Å². The van der Waals surface area contributed by atoms with Crippen LogP contribution >= 0.6 is 0 Å². The Morgan fingerprint density at radius 1 is 1.35 bits per heavy atom. The number of hydrogen-bond donors (Lipinski definition) is 2. The third-order valence-corrected chi connectivity index (χ3v) is 3.80. The van der Waals surface area contributed by atoms with Crippen molar-refractivity contribution in [2.24, 2.45) is 11.8 Å². The van der Waals surface area contributed by atoms with Gasteiger partial charge in [-0.05, 0) is 37.3 Å². The first kappa shape index (κ1) is 12.5. The van der Waals surface area contributed by atoms with Gasteiger partial charge in [0.2, 0.25) is 0 Å². The van der Waals surface area contributed by atoms with Crippen LogP contribution in [0, 0.1) is 5.92 Å². The Labute approximate surface area is 104 Å². The molecule has 1 heterocycles. The summed E-state index contributed by atoms with van der Waals surface area (Å²) >= 11 is 0. The molecule has 1 aliphatic rings. The highest BCUT2D eigenvalue weighted by atomic mass is 15.2. The molecule has 1 saturated carbocycles. The van der Waals surface area contributed by atoms with Gasteiger partial charge in [0, 0.05) is 17.9 Å². The minimum absolute atomic E-state index is 0.445. The Balaban J connectivity index is 1.75. The molecular weight excluding hydrogens is 210 g/mol. The summed E-state index contributed by atoms with van der Waals surface area (Å²) < 4.78 is 0. The molecule has 0 aromatic carbocycles. The summed E-state index contributed by atoms with van der Waals surface area (Å²) in [5.41, 5.74) is 4.14. The van der Waals surface area contributed by atoms with Crippen molar-refractivity contribution in [3.8, 4) is 0 Å². The zero-order chi connectivity index (χ0) is 11.9. The molecule has 94 valence electrons. The summed E-state index contributed by atoms with van der Waals surface area (Å²) in [4.78, 5) is 4.35. The van der Waals surface area contributed by atoms with E-state index in [0.29, 0.717) is 6.04 Å². The SMILES string of the molecule is NNC(CCc1ccccn1)CC1CCCC1. The normalized spacial score (nSPS) is 18.4. The molecule has 0 aliphatic heterocycles. The molecule has 3 N–H and O–H groups in total. The summed E-state index contributed by atoms with van der Waals surface area (Å²) in [7, 11) is 0. The summed E-state index contributed by atoms with van der Waals surface area (Å²) in [6, 6.07) is 6.54. The van der Waals surface area contributed by atoms with Crippen LogP contribution in [-0.4, -0.2) is 11.0 Å². The van der Waals surface area contributed by atoms with Gasteiger partial charge >= 0.3 is 0 Å². The second-order valence-corrected chi connectivity index (χ2v) is 5.11. The quantitative estimate of drug-likeness (QED) is 0.586. The van der Waals surface area contributed by atoms with Gasteiger partial charge in [0.15, 0.2) is 0 Å². The summed E-state index contributed by atoms with van der Waals surface area (Å²) in [6.07, 6.45) is 10.8. The van der Waals surface area contributed by atoms with Gasteiger partial charge < -0.3 is 0 Å². The molecule has 0 amide bonds. The predicted molar refractivity (Wildman–Crippen MR) is 70.2 cm³/mol. The van der Waals surface area contributed by atoms with Crippen LogP contribution in [0.4, 0.5) is 0 Å². The summed E-state index contributed by atoms with van der Waals surface area (Å²) in [5.74, 6) is 6.53. The number of aromatic nitrogens is 1. The van der Waals surface area contributed by atoms with E-state index in [-0.39, 0.29) is 0 Å². The Kier molecular flexibility index (Phi) is 4.95. The lowest BCUT2D eigenvalue weighted by molar-refractivity contribution is 0.374. The van der Waals surface area contributed by atoms with Crippen LogP contribution in [0.1, 0.15) is 44.2 Å². The topological polar surface area (TPSA) is 50.9 Å². The van der Waals surface area contributed by atoms with Gasteiger partial charge in [-0.25, -0.2) is 0 Å². The molecule has 3 nitrogen and oxygen atoms in total. The van der Waals surface area contributed by atoms with Crippen LogP contribution in [0.15, 0.2) is 24.4 Å². The molecule has 0 radical (unpaired) electrons. The Bertz CT molecular complexity index is 307. The van der Waals surface area contributed by atoms with Gasteiger partial charge in [-0.2, -0.15) is 0 Å². The monoisotopic (exact) mass is 233 g/mol. The van der Waals surface area contributed by atoms with Crippen LogP contribution in [-0.2, 0) is 6.42 Å². The molecule has 3 heteroatoms. The second-order valence-electron chi connectivity index (χ2n) is 5.11.